The number of anilines is 1. The number of carbonyl (C=O) groups is 1. The van der Waals surface area contributed by atoms with Gasteiger partial charge in [0.25, 0.3) is 0 Å². The zero-order chi connectivity index (χ0) is 12.6. The van der Waals surface area contributed by atoms with E-state index in [-0.39, 0.29) is 10.7 Å². The van der Waals surface area contributed by atoms with Crippen LogP contribution in [-0.2, 0) is 0 Å². The van der Waals surface area contributed by atoms with E-state index in [0.29, 0.717) is 17.2 Å². The fourth-order valence-corrected chi connectivity index (χ4v) is 2.03. The summed E-state index contributed by atoms with van der Waals surface area (Å²) in [4.78, 5) is 14.8. The first-order valence-corrected chi connectivity index (χ1v) is 5.91. The minimum absolute atomic E-state index is 0.105. The standard InChI is InChI=1S/C12H15ClN2O2/c1-12(2)5-7(12)6-14-9-4-3-8(13)10(15-9)11(16)17/h3-4,7H,5-6H2,1-2H3,(H,14,15)(H,16,17). The molecule has 1 aromatic rings. The number of pyridine rings is 1. The fraction of sp³-hybridized carbons (Fsp3) is 0.500. The second-order valence-electron chi connectivity index (χ2n) is 5.10. The molecule has 2 N–H and O–H groups in total. The van der Waals surface area contributed by atoms with E-state index >= 15 is 0 Å². The van der Waals surface area contributed by atoms with Crippen molar-refractivity contribution in [2.45, 2.75) is 20.3 Å². The Labute approximate surface area is 105 Å². The van der Waals surface area contributed by atoms with E-state index in [0.717, 1.165) is 6.54 Å². The third kappa shape index (κ3) is 2.69. The van der Waals surface area contributed by atoms with Crippen molar-refractivity contribution >= 4 is 23.4 Å². The number of hydrogen-bond donors (Lipinski definition) is 2. The van der Waals surface area contributed by atoms with Gasteiger partial charge in [0, 0.05) is 6.54 Å². The Hall–Kier alpha value is -1.29. The molecule has 1 atom stereocenters. The van der Waals surface area contributed by atoms with Crippen LogP contribution >= 0.6 is 11.6 Å². The van der Waals surface area contributed by atoms with Crippen molar-refractivity contribution in [1.29, 1.82) is 0 Å². The molecule has 92 valence electrons. The molecular weight excluding hydrogens is 240 g/mol. The van der Waals surface area contributed by atoms with Gasteiger partial charge >= 0.3 is 5.97 Å². The highest BCUT2D eigenvalue weighted by atomic mass is 35.5. The largest absolute Gasteiger partial charge is 0.476 e. The zero-order valence-corrected chi connectivity index (χ0v) is 10.6. The molecule has 1 saturated carbocycles. The maximum absolute atomic E-state index is 10.9. The summed E-state index contributed by atoms with van der Waals surface area (Å²) in [5.41, 5.74) is 0.293. The summed E-state index contributed by atoms with van der Waals surface area (Å²) in [5.74, 6) is 0.0909. The fourth-order valence-electron chi connectivity index (χ4n) is 1.84. The lowest BCUT2D eigenvalue weighted by Gasteiger charge is -2.08. The number of rotatable bonds is 4. The number of hydrogen-bond acceptors (Lipinski definition) is 3. The van der Waals surface area contributed by atoms with Crippen LogP contribution in [0.1, 0.15) is 30.8 Å². The first-order chi connectivity index (χ1) is 7.90. The van der Waals surface area contributed by atoms with Gasteiger partial charge in [0.05, 0.1) is 5.02 Å². The average molecular weight is 255 g/mol. The molecule has 1 heterocycles. The molecule has 0 saturated heterocycles. The monoisotopic (exact) mass is 254 g/mol. The zero-order valence-electron chi connectivity index (χ0n) is 9.83. The highest BCUT2D eigenvalue weighted by Crippen LogP contribution is 2.51. The lowest BCUT2D eigenvalue weighted by molar-refractivity contribution is 0.0691. The third-order valence-corrected chi connectivity index (χ3v) is 3.60. The van der Waals surface area contributed by atoms with Crippen molar-refractivity contribution in [1.82, 2.24) is 4.98 Å². The van der Waals surface area contributed by atoms with Crippen LogP contribution in [0.15, 0.2) is 12.1 Å². The molecule has 5 heteroatoms. The van der Waals surface area contributed by atoms with Gasteiger partial charge in [-0.2, -0.15) is 0 Å². The average Bonchev–Trinajstić information content (AvgIpc) is 2.85. The highest BCUT2D eigenvalue weighted by Gasteiger charge is 2.44. The van der Waals surface area contributed by atoms with Gasteiger partial charge < -0.3 is 10.4 Å². The molecule has 1 aliphatic carbocycles. The van der Waals surface area contributed by atoms with E-state index in [1.165, 1.54) is 6.42 Å². The van der Waals surface area contributed by atoms with E-state index in [4.69, 9.17) is 16.7 Å². The second-order valence-corrected chi connectivity index (χ2v) is 5.51. The van der Waals surface area contributed by atoms with Crippen LogP contribution in [0.25, 0.3) is 0 Å². The van der Waals surface area contributed by atoms with Crippen molar-refractivity contribution in [2.75, 3.05) is 11.9 Å². The van der Waals surface area contributed by atoms with Crippen LogP contribution in [0.3, 0.4) is 0 Å². The first-order valence-electron chi connectivity index (χ1n) is 5.54. The lowest BCUT2D eigenvalue weighted by atomic mass is 10.1. The van der Waals surface area contributed by atoms with Crippen molar-refractivity contribution in [3.05, 3.63) is 22.8 Å². The summed E-state index contributed by atoms with van der Waals surface area (Å²) in [5, 5.41) is 12.2. The molecule has 1 aromatic heterocycles. The quantitative estimate of drug-likeness (QED) is 0.867. The topological polar surface area (TPSA) is 62.2 Å². The molecule has 1 fully saturated rings. The van der Waals surface area contributed by atoms with Crippen molar-refractivity contribution in [3.63, 3.8) is 0 Å². The number of halogens is 1. The van der Waals surface area contributed by atoms with Crippen LogP contribution in [0.2, 0.25) is 5.02 Å². The second kappa shape index (κ2) is 4.18. The molecule has 17 heavy (non-hydrogen) atoms. The van der Waals surface area contributed by atoms with Crippen LogP contribution in [0, 0.1) is 11.3 Å². The van der Waals surface area contributed by atoms with E-state index in [2.05, 4.69) is 24.1 Å². The number of nitrogens with one attached hydrogen (secondary N) is 1. The molecule has 1 aliphatic rings. The van der Waals surface area contributed by atoms with Crippen molar-refractivity contribution in [2.24, 2.45) is 11.3 Å². The Bertz CT molecular complexity index is 460. The molecule has 4 nitrogen and oxygen atoms in total. The van der Waals surface area contributed by atoms with E-state index in [9.17, 15) is 4.79 Å². The summed E-state index contributed by atoms with van der Waals surface area (Å²) in [7, 11) is 0. The molecule has 0 spiro atoms. The molecule has 1 unspecified atom stereocenters. The van der Waals surface area contributed by atoms with Crippen molar-refractivity contribution < 1.29 is 9.90 Å². The maximum Gasteiger partial charge on any atom is 0.356 e. The molecule has 0 bridgehead atoms. The highest BCUT2D eigenvalue weighted by molar-refractivity contribution is 6.33. The Morgan fingerprint density at radius 1 is 1.65 bits per heavy atom. The molecule has 0 amide bonds. The molecule has 0 aliphatic heterocycles. The molecule has 0 aromatic carbocycles. The lowest BCUT2D eigenvalue weighted by Crippen LogP contribution is -2.10. The Kier molecular flexibility index (Phi) is 3.00. The van der Waals surface area contributed by atoms with Gasteiger partial charge in [-0.1, -0.05) is 25.4 Å². The minimum atomic E-state index is -1.11. The van der Waals surface area contributed by atoms with Crippen LogP contribution in [0.4, 0.5) is 5.82 Å². The van der Waals surface area contributed by atoms with Crippen LogP contribution in [-0.4, -0.2) is 22.6 Å². The SMILES string of the molecule is CC1(C)CC1CNc1ccc(Cl)c(C(=O)O)n1. The smallest absolute Gasteiger partial charge is 0.356 e. The van der Waals surface area contributed by atoms with Gasteiger partial charge in [0.1, 0.15) is 5.82 Å². The minimum Gasteiger partial charge on any atom is -0.476 e. The van der Waals surface area contributed by atoms with Gasteiger partial charge in [-0.05, 0) is 29.9 Å². The van der Waals surface area contributed by atoms with Crippen molar-refractivity contribution in [3.8, 4) is 0 Å². The van der Waals surface area contributed by atoms with E-state index in [1.807, 2.05) is 0 Å². The maximum atomic E-state index is 10.9. The molecule has 0 radical (unpaired) electrons. The van der Waals surface area contributed by atoms with Crippen LogP contribution in [0.5, 0.6) is 0 Å². The number of aromatic carboxylic acids is 1. The third-order valence-electron chi connectivity index (χ3n) is 3.30. The van der Waals surface area contributed by atoms with Crippen LogP contribution < -0.4 is 5.32 Å². The first kappa shape index (κ1) is 12.2. The Morgan fingerprint density at radius 3 is 2.82 bits per heavy atom. The van der Waals surface area contributed by atoms with Gasteiger partial charge in [-0.25, -0.2) is 9.78 Å². The van der Waals surface area contributed by atoms with Gasteiger partial charge in [-0.3, -0.25) is 0 Å². The predicted octanol–water partition coefficient (Wildman–Crippen LogP) is 2.89. The number of carboxylic acid groups (broad SMARTS) is 1. The van der Waals surface area contributed by atoms with Gasteiger partial charge in [0.15, 0.2) is 5.69 Å². The summed E-state index contributed by atoms with van der Waals surface area (Å²) in [6, 6.07) is 3.25. The van der Waals surface area contributed by atoms with Gasteiger partial charge in [0.2, 0.25) is 0 Å². The van der Waals surface area contributed by atoms with E-state index in [1.54, 1.807) is 12.1 Å². The summed E-state index contributed by atoms with van der Waals surface area (Å²) >= 11 is 5.74. The van der Waals surface area contributed by atoms with Gasteiger partial charge in [-0.15, -0.1) is 0 Å². The summed E-state index contributed by atoms with van der Waals surface area (Å²) < 4.78 is 0. The summed E-state index contributed by atoms with van der Waals surface area (Å²) in [6.45, 7) is 5.26. The normalized spacial score (nSPS) is 21.0. The molecule has 2 rings (SSSR count). The molecular formula is C12H15ClN2O2. The Morgan fingerprint density at radius 2 is 2.29 bits per heavy atom. The summed E-state index contributed by atoms with van der Waals surface area (Å²) in [6.07, 6.45) is 1.19. The Balaban J connectivity index is 2.02. The number of carboxylic acids is 1. The number of aromatic nitrogens is 1. The number of nitrogens with zero attached hydrogens (tertiary/aromatic N) is 1. The van der Waals surface area contributed by atoms with E-state index < -0.39 is 5.97 Å². The predicted molar refractivity (Wildman–Crippen MR) is 66.6 cm³/mol.